The highest BCUT2D eigenvalue weighted by atomic mass is 32.2. The molecule has 3 aromatic rings. The average molecular weight is 434 g/mol. The molecular formula is C19H16F2N4O4S. The first kappa shape index (κ1) is 21.2. The third-order valence-electron chi connectivity index (χ3n) is 3.96. The molecule has 0 aliphatic carbocycles. The van der Waals surface area contributed by atoms with E-state index in [1.165, 1.54) is 35.8 Å². The van der Waals surface area contributed by atoms with Crippen LogP contribution < -0.4 is 21.3 Å². The quantitative estimate of drug-likeness (QED) is 0.455. The van der Waals surface area contributed by atoms with Crippen LogP contribution in [0.5, 0.6) is 5.75 Å². The first-order valence-electron chi connectivity index (χ1n) is 8.60. The Labute approximate surface area is 173 Å². The predicted molar refractivity (Wildman–Crippen MR) is 107 cm³/mol. The molecule has 0 saturated carbocycles. The maximum absolute atomic E-state index is 13.1. The number of nitrogens with zero attached hydrogens (tertiary/aromatic N) is 2. The van der Waals surface area contributed by atoms with E-state index in [0.29, 0.717) is 16.6 Å². The van der Waals surface area contributed by atoms with Crippen LogP contribution in [0.25, 0.3) is 16.6 Å². The number of rotatable bonds is 6. The van der Waals surface area contributed by atoms with E-state index in [0.717, 1.165) is 11.8 Å². The number of aromatic nitrogens is 2. The summed E-state index contributed by atoms with van der Waals surface area (Å²) in [5, 5.41) is 1.68. The van der Waals surface area contributed by atoms with Crippen LogP contribution in [0, 0.1) is 0 Å². The Kier molecular flexibility index (Phi) is 6.31. The van der Waals surface area contributed by atoms with Crippen molar-refractivity contribution < 1.29 is 23.1 Å². The summed E-state index contributed by atoms with van der Waals surface area (Å²) in [4.78, 5) is 40.6. The lowest BCUT2D eigenvalue weighted by Crippen LogP contribution is -2.39. The predicted octanol–water partition coefficient (Wildman–Crippen LogP) is 2.66. The number of para-hydroxylation sites is 1. The van der Waals surface area contributed by atoms with E-state index in [4.69, 9.17) is 5.73 Å². The molecule has 1 aromatic heterocycles. The molecule has 1 unspecified atom stereocenters. The van der Waals surface area contributed by atoms with Crippen LogP contribution in [0.3, 0.4) is 0 Å². The maximum Gasteiger partial charge on any atom is 0.387 e. The molecule has 0 aliphatic rings. The summed E-state index contributed by atoms with van der Waals surface area (Å²) in [6, 6.07) is 11.1. The number of carbonyl (C=O) groups is 2. The average Bonchev–Trinajstić information content (AvgIpc) is 2.68. The highest BCUT2D eigenvalue weighted by Gasteiger charge is 2.21. The number of ether oxygens (including phenoxy) is 1. The fourth-order valence-electron chi connectivity index (χ4n) is 2.63. The van der Waals surface area contributed by atoms with Crippen LogP contribution in [-0.2, 0) is 4.79 Å². The molecule has 11 heteroatoms. The fraction of sp³-hybridized carbons (Fsp3) is 0.158. The summed E-state index contributed by atoms with van der Waals surface area (Å²) in [6.45, 7) is -1.45. The van der Waals surface area contributed by atoms with Crippen LogP contribution in [0.2, 0.25) is 0 Å². The Bertz CT molecular complexity index is 1150. The Morgan fingerprint density at radius 3 is 2.47 bits per heavy atom. The minimum absolute atomic E-state index is 0.0704. The van der Waals surface area contributed by atoms with Gasteiger partial charge in [-0.05, 0) is 43.3 Å². The fourth-order valence-corrected chi connectivity index (χ4v) is 3.56. The van der Waals surface area contributed by atoms with Crippen LogP contribution in [0.1, 0.15) is 6.92 Å². The molecule has 1 atom stereocenters. The number of thioether (sulfide) groups is 1. The zero-order valence-electron chi connectivity index (χ0n) is 15.5. The molecule has 0 bridgehead atoms. The van der Waals surface area contributed by atoms with E-state index in [-0.39, 0.29) is 10.9 Å². The summed E-state index contributed by atoms with van der Waals surface area (Å²) >= 11 is 0.940. The molecule has 156 valence electrons. The number of alkyl halides is 2. The summed E-state index contributed by atoms with van der Waals surface area (Å²) < 4.78 is 30.4. The second-order valence-electron chi connectivity index (χ2n) is 6.04. The van der Waals surface area contributed by atoms with Crippen LogP contribution in [0.15, 0.2) is 58.5 Å². The smallest absolute Gasteiger partial charge is 0.387 e. The minimum atomic E-state index is -2.98. The topological polar surface area (TPSA) is 116 Å². The molecular weight excluding hydrogens is 418 g/mol. The standard InChI is InChI=1S/C19H16F2N4O4S/c1-10(15(26)24-18(22)28)30-19-23-14-5-3-2-4-13(14)16(27)25(19)11-6-8-12(9-7-11)29-17(20)21/h2-10,17H,1H3,(H3,22,24,26,28). The van der Waals surface area contributed by atoms with Crippen molar-refractivity contribution in [2.45, 2.75) is 23.9 Å². The normalized spacial score (nSPS) is 12.0. The third-order valence-corrected chi connectivity index (χ3v) is 5.02. The van der Waals surface area contributed by atoms with Gasteiger partial charge in [0.25, 0.3) is 5.56 Å². The van der Waals surface area contributed by atoms with Gasteiger partial charge in [-0.25, -0.2) is 9.78 Å². The number of halogens is 2. The molecule has 2 aromatic carbocycles. The van der Waals surface area contributed by atoms with Gasteiger partial charge in [-0.1, -0.05) is 23.9 Å². The van der Waals surface area contributed by atoms with Crippen molar-refractivity contribution >= 4 is 34.6 Å². The number of nitrogens with one attached hydrogen (secondary N) is 1. The summed E-state index contributed by atoms with van der Waals surface area (Å²) in [5.74, 6) is -0.721. The lowest BCUT2D eigenvalue weighted by molar-refractivity contribution is -0.119. The highest BCUT2D eigenvalue weighted by Crippen LogP contribution is 2.26. The SMILES string of the molecule is CC(Sc1nc2ccccc2c(=O)n1-c1ccc(OC(F)F)cc1)C(=O)NC(N)=O. The van der Waals surface area contributed by atoms with E-state index in [1.54, 1.807) is 24.3 Å². The number of urea groups is 1. The van der Waals surface area contributed by atoms with Gasteiger partial charge in [-0.3, -0.25) is 19.5 Å². The maximum atomic E-state index is 13.1. The number of carbonyl (C=O) groups excluding carboxylic acids is 2. The molecule has 0 spiro atoms. The second kappa shape index (κ2) is 8.91. The number of amides is 3. The number of fused-ring (bicyclic) bond motifs is 1. The monoisotopic (exact) mass is 434 g/mol. The van der Waals surface area contributed by atoms with Crippen molar-refractivity contribution in [2.24, 2.45) is 5.73 Å². The van der Waals surface area contributed by atoms with Gasteiger partial charge in [0, 0.05) is 0 Å². The van der Waals surface area contributed by atoms with Crippen LogP contribution >= 0.6 is 11.8 Å². The van der Waals surface area contributed by atoms with Crippen molar-refractivity contribution in [3.05, 3.63) is 58.9 Å². The molecule has 0 fully saturated rings. The molecule has 8 nitrogen and oxygen atoms in total. The van der Waals surface area contributed by atoms with Gasteiger partial charge in [-0.2, -0.15) is 8.78 Å². The minimum Gasteiger partial charge on any atom is -0.435 e. The van der Waals surface area contributed by atoms with Gasteiger partial charge in [0.05, 0.1) is 21.8 Å². The molecule has 0 aliphatic heterocycles. The summed E-state index contributed by atoms with van der Waals surface area (Å²) in [6.07, 6.45) is 0. The van der Waals surface area contributed by atoms with E-state index in [2.05, 4.69) is 9.72 Å². The van der Waals surface area contributed by atoms with E-state index >= 15 is 0 Å². The van der Waals surface area contributed by atoms with E-state index < -0.39 is 29.4 Å². The zero-order chi connectivity index (χ0) is 21.8. The number of benzene rings is 2. The Morgan fingerprint density at radius 1 is 1.17 bits per heavy atom. The number of imide groups is 1. The number of nitrogens with two attached hydrogens (primary N) is 1. The summed E-state index contributed by atoms with van der Waals surface area (Å²) in [7, 11) is 0. The Morgan fingerprint density at radius 2 is 1.83 bits per heavy atom. The number of primary amides is 1. The van der Waals surface area contributed by atoms with Crippen molar-refractivity contribution in [2.75, 3.05) is 0 Å². The van der Waals surface area contributed by atoms with Crippen molar-refractivity contribution in [3.8, 4) is 11.4 Å². The molecule has 3 amide bonds. The van der Waals surface area contributed by atoms with Gasteiger partial charge in [0.2, 0.25) is 5.91 Å². The first-order valence-corrected chi connectivity index (χ1v) is 9.48. The van der Waals surface area contributed by atoms with Gasteiger partial charge in [-0.15, -0.1) is 0 Å². The Hall–Kier alpha value is -3.47. The van der Waals surface area contributed by atoms with Crippen molar-refractivity contribution in [1.82, 2.24) is 14.9 Å². The molecule has 3 N–H and O–H groups in total. The van der Waals surface area contributed by atoms with Gasteiger partial charge < -0.3 is 10.5 Å². The van der Waals surface area contributed by atoms with Crippen LogP contribution in [-0.4, -0.2) is 33.4 Å². The highest BCUT2D eigenvalue weighted by molar-refractivity contribution is 8.00. The molecule has 3 rings (SSSR count). The number of hydrogen-bond donors (Lipinski definition) is 2. The lowest BCUT2D eigenvalue weighted by atomic mass is 10.2. The van der Waals surface area contributed by atoms with E-state index in [9.17, 15) is 23.2 Å². The molecule has 1 heterocycles. The molecule has 0 radical (unpaired) electrons. The first-order chi connectivity index (χ1) is 14.3. The van der Waals surface area contributed by atoms with Crippen LogP contribution in [0.4, 0.5) is 13.6 Å². The zero-order valence-corrected chi connectivity index (χ0v) is 16.4. The Balaban J connectivity index is 2.08. The summed E-state index contributed by atoms with van der Waals surface area (Å²) in [5.41, 5.74) is 5.32. The van der Waals surface area contributed by atoms with Gasteiger partial charge >= 0.3 is 12.6 Å². The largest absolute Gasteiger partial charge is 0.435 e. The number of hydrogen-bond acceptors (Lipinski definition) is 6. The van der Waals surface area contributed by atoms with Gasteiger partial charge in [0.1, 0.15) is 5.75 Å². The van der Waals surface area contributed by atoms with Crippen molar-refractivity contribution in [1.29, 1.82) is 0 Å². The van der Waals surface area contributed by atoms with Crippen molar-refractivity contribution in [3.63, 3.8) is 0 Å². The molecule has 30 heavy (non-hydrogen) atoms. The second-order valence-corrected chi connectivity index (χ2v) is 7.35. The van der Waals surface area contributed by atoms with E-state index in [1.807, 2.05) is 5.32 Å². The molecule has 0 saturated heterocycles. The lowest BCUT2D eigenvalue weighted by Gasteiger charge is -2.16. The third kappa shape index (κ3) is 4.74. The van der Waals surface area contributed by atoms with Gasteiger partial charge in [0.15, 0.2) is 5.16 Å².